The fourth-order valence-electron chi connectivity index (χ4n) is 1.72. The molecule has 0 bridgehead atoms. The summed E-state index contributed by atoms with van der Waals surface area (Å²) in [6, 6.07) is 3.38. The SMILES string of the molecule is Cc1cc(C)c(C(O)CSC(C)C)c(F)c1. The second-order valence-corrected chi connectivity index (χ2v) is 5.98. The summed E-state index contributed by atoms with van der Waals surface area (Å²) < 4.78 is 13.7. The van der Waals surface area contributed by atoms with Gasteiger partial charge >= 0.3 is 0 Å². The van der Waals surface area contributed by atoms with Gasteiger partial charge in [-0.15, -0.1) is 0 Å². The lowest BCUT2D eigenvalue weighted by atomic mass is 10.0. The molecule has 3 heteroatoms. The van der Waals surface area contributed by atoms with Crippen molar-refractivity contribution < 1.29 is 9.50 Å². The highest BCUT2D eigenvalue weighted by Gasteiger charge is 2.16. The van der Waals surface area contributed by atoms with Crippen LogP contribution in [0.3, 0.4) is 0 Å². The highest BCUT2D eigenvalue weighted by Crippen LogP contribution is 2.26. The second kappa shape index (κ2) is 5.69. The number of aliphatic hydroxyl groups excluding tert-OH is 1. The molecule has 1 aromatic rings. The molecule has 0 amide bonds. The second-order valence-electron chi connectivity index (χ2n) is 4.38. The Kier molecular flexibility index (Phi) is 4.81. The van der Waals surface area contributed by atoms with Gasteiger partial charge in [0.15, 0.2) is 0 Å². The van der Waals surface area contributed by atoms with E-state index in [0.717, 1.165) is 11.1 Å². The van der Waals surface area contributed by atoms with Gasteiger partial charge < -0.3 is 5.11 Å². The lowest BCUT2D eigenvalue weighted by Gasteiger charge is -2.16. The fourth-order valence-corrected chi connectivity index (χ4v) is 2.45. The zero-order valence-electron chi connectivity index (χ0n) is 10.2. The van der Waals surface area contributed by atoms with E-state index in [-0.39, 0.29) is 5.82 Å². The molecule has 0 aliphatic carbocycles. The molecule has 0 radical (unpaired) electrons. The van der Waals surface area contributed by atoms with Crippen molar-refractivity contribution >= 4 is 11.8 Å². The van der Waals surface area contributed by atoms with Crippen LogP contribution in [0.4, 0.5) is 4.39 Å². The predicted octanol–water partition coefficient (Wildman–Crippen LogP) is 3.62. The van der Waals surface area contributed by atoms with Gasteiger partial charge in [0.25, 0.3) is 0 Å². The van der Waals surface area contributed by atoms with Crippen LogP contribution in [0, 0.1) is 19.7 Å². The number of hydrogen-bond donors (Lipinski definition) is 1. The highest BCUT2D eigenvalue weighted by atomic mass is 32.2. The third-order valence-corrected chi connectivity index (χ3v) is 3.58. The normalized spacial score (nSPS) is 13.2. The van der Waals surface area contributed by atoms with Crippen LogP contribution in [0.1, 0.15) is 36.6 Å². The Bertz CT molecular complexity index is 340. The Morgan fingerprint density at radius 1 is 1.31 bits per heavy atom. The maximum atomic E-state index is 13.7. The number of halogens is 1. The van der Waals surface area contributed by atoms with Gasteiger partial charge in [0.1, 0.15) is 5.82 Å². The van der Waals surface area contributed by atoms with E-state index < -0.39 is 6.10 Å². The van der Waals surface area contributed by atoms with E-state index in [2.05, 4.69) is 13.8 Å². The average Bonchev–Trinajstić information content (AvgIpc) is 2.12. The average molecular weight is 242 g/mol. The molecule has 1 aromatic carbocycles. The maximum absolute atomic E-state index is 13.7. The number of benzene rings is 1. The zero-order valence-corrected chi connectivity index (χ0v) is 11.1. The molecular formula is C13H19FOS. The van der Waals surface area contributed by atoms with Crippen LogP contribution < -0.4 is 0 Å². The summed E-state index contributed by atoms with van der Waals surface area (Å²) in [7, 11) is 0. The third-order valence-electron chi connectivity index (χ3n) is 2.40. The van der Waals surface area contributed by atoms with Crippen molar-refractivity contribution in [1.29, 1.82) is 0 Å². The third kappa shape index (κ3) is 3.49. The molecule has 0 aliphatic heterocycles. The maximum Gasteiger partial charge on any atom is 0.129 e. The van der Waals surface area contributed by atoms with Crippen molar-refractivity contribution in [2.24, 2.45) is 0 Å². The standard InChI is InChI=1S/C13H19FOS/c1-8(2)16-7-12(15)13-10(4)5-9(3)6-11(13)14/h5-6,8,12,15H,7H2,1-4H3. The van der Waals surface area contributed by atoms with Crippen molar-refractivity contribution in [3.05, 3.63) is 34.6 Å². The number of thioether (sulfide) groups is 1. The molecule has 1 rings (SSSR count). The van der Waals surface area contributed by atoms with Gasteiger partial charge in [-0.1, -0.05) is 19.9 Å². The predicted molar refractivity (Wildman–Crippen MR) is 68.4 cm³/mol. The van der Waals surface area contributed by atoms with E-state index in [9.17, 15) is 9.50 Å². The van der Waals surface area contributed by atoms with E-state index in [0.29, 0.717) is 16.6 Å². The molecule has 0 spiro atoms. The van der Waals surface area contributed by atoms with Crippen LogP contribution in [-0.2, 0) is 0 Å². The van der Waals surface area contributed by atoms with Crippen molar-refractivity contribution in [3.63, 3.8) is 0 Å². The Balaban J connectivity index is 2.86. The largest absolute Gasteiger partial charge is 0.387 e. The van der Waals surface area contributed by atoms with Gasteiger partial charge in [-0.05, 0) is 36.3 Å². The zero-order chi connectivity index (χ0) is 12.3. The number of aliphatic hydroxyl groups is 1. The van der Waals surface area contributed by atoms with E-state index in [1.807, 2.05) is 19.9 Å². The summed E-state index contributed by atoms with van der Waals surface area (Å²) in [4.78, 5) is 0. The van der Waals surface area contributed by atoms with E-state index in [1.165, 1.54) is 6.07 Å². The first-order valence-corrected chi connectivity index (χ1v) is 6.53. The summed E-state index contributed by atoms with van der Waals surface area (Å²) in [5.41, 5.74) is 2.16. The number of hydrogen-bond acceptors (Lipinski definition) is 2. The minimum atomic E-state index is -0.715. The van der Waals surface area contributed by atoms with Crippen LogP contribution in [-0.4, -0.2) is 16.1 Å². The van der Waals surface area contributed by atoms with Gasteiger partial charge in [0.05, 0.1) is 6.10 Å². The molecule has 0 heterocycles. The van der Waals surface area contributed by atoms with E-state index in [1.54, 1.807) is 11.8 Å². The Hall–Kier alpha value is -0.540. The number of aryl methyl sites for hydroxylation is 2. The van der Waals surface area contributed by atoms with Crippen LogP contribution >= 0.6 is 11.8 Å². The quantitative estimate of drug-likeness (QED) is 0.870. The molecule has 0 saturated heterocycles. The van der Waals surface area contributed by atoms with E-state index in [4.69, 9.17) is 0 Å². The Morgan fingerprint density at radius 2 is 1.94 bits per heavy atom. The van der Waals surface area contributed by atoms with Gasteiger partial charge in [-0.25, -0.2) is 4.39 Å². The van der Waals surface area contributed by atoms with Crippen LogP contribution in [0.25, 0.3) is 0 Å². The van der Waals surface area contributed by atoms with Gasteiger partial charge in [-0.3, -0.25) is 0 Å². The van der Waals surface area contributed by atoms with Crippen LogP contribution in [0.2, 0.25) is 0 Å². The van der Waals surface area contributed by atoms with Crippen molar-refractivity contribution in [2.75, 3.05) is 5.75 Å². The molecule has 1 unspecified atom stereocenters. The van der Waals surface area contributed by atoms with Gasteiger partial charge in [0, 0.05) is 11.3 Å². The Morgan fingerprint density at radius 3 is 2.44 bits per heavy atom. The highest BCUT2D eigenvalue weighted by molar-refractivity contribution is 7.99. The fraction of sp³-hybridized carbons (Fsp3) is 0.538. The molecule has 0 fully saturated rings. The van der Waals surface area contributed by atoms with Gasteiger partial charge in [-0.2, -0.15) is 11.8 Å². The minimum Gasteiger partial charge on any atom is -0.387 e. The molecule has 0 aromatic heterocycles. The minimum absolute atomic E-state index is 0.297. The number of rotatable bonds is 4. The molecule has 0 saturated carbocycles. The molecule has 1 N–H and O–H groups in total. The summed E-state index contributed by atoms with van der Waals surface area (Å²) in [5.74, 6) is 0.243. The first-order valence-electron chi connectivity index (χ1n) is 5.48. The molecule has 1 nitrogen and oxygen atoms in total. The lowest BCUT2D eigenvalue weighted by molar-refractivity contribution is 0.198. The molecule has 1 atom stereocenters. The summed E-state index contributed by atoms with van der Waals surface area (Å²) in [5, 5.41) is 10.4. The topological polar surface area (TPSA) is 20.2 Å². The van der Waals surface area contributed by atoms with Crippen LogP contribution in [0.5, 0.6) is 0 Å². The molecular weight excluding hydrogens is 223 g/mol. The van der Waals surface area contributed by atoms with E-state index >= 15 is 0 Å². The summed E-state index contributed by atoms with van der Waals surface area (Å²) in [6.45, 7) is 7.83. The summed E-state index contributed by atoms with van der Waals surface area (Å²) in [6.07, 6.45) is -0.715. The summed E-state index contributed by atoms with van der Waals surface area (Å²) >= 11 is 1.64. The molecule has 90 valence electrons. The monoisotopic (exact) mass is 242 g/mol. The first kappa shape index (κ1) is 13.5. The Labute approximate surface area is 101 Å². The van der Waals surface area contributed by atoms with Crippen molar-refractivity contribution in [1.82, 2.24) is 0 Å². The smallest absolute Gasteiger partial charge is 0.129 e. The van der Waals surface area contributed by atoms with Crippen molar-refractivity contribution in [2.45, 2.75) is 39.0 Å². The van der Waals surface area contributed by atoms with Gasteiger partial charge in [0.2, 0.25) is 0 Å². The molecule has 0 aliphatic rings. The van der Waals surface area contributed by atoms with Crippen LogP contribution in [0.15, 0.2) is 12.1 Å². The first-order chi connectivity index (χ1) is 7.41. The lowest BCUT2D eigenvalue weighted by Crippen LogP contribution is -2.08. The molecule has 16 heavy (non-hydrogen) atoms. The van der Waals surface area contributed by atoms with Crippen molar-refractivity contribution in [3.8, 4) is 0 Å².